The molecule has 0 bridgehead atoms. The van der Waals surface area contributed by atoms with E-state index in [0.29, 0.717) is 12.4 Å². The molecule has 0 spiro atoms. The Bertz CT molecular complexity index is 1010. The molecule has 0 atom stereocenters. The van der Waals surface area contributed by atoms with E-state index < -0.39 is 0 Å². The van der Waals surface area contributed by atoms with Crippen LogP contribution in [0.25, 0.3) is 0 Å². The minimum absolute atomic E-state index is 0.0537. The van der Waals surface area contributed by atoms with Crippen LogP contribution in [-0.2, 0) is 19.4 Å². The summed E-state index contributed by atoms with van der Waals surface area (Å²) >= 11 is 3.50. The Morgan fingerprint density at radius 3 is 2.79 bits per heavy atom. The van der Waals surface area contributed by atoms with Gasteiger partial charge in [-0.05, 0) is 74.2 Å². The first-order chi connectivity index (χ1) is 14.2. The number of amides is 1. The van der Waals surface area contributed by atoms with Crippen LogP contribution in [0.15, 0.2) is 35.7 Å². The first-order valence-corrected chi connectivity index (χ1v) is 11.8. The van der Waals surface area contributed by atoms with Gasteiger partial charge in [0.25, 0.3) is 5.91 Å². The summed E-state index contributed by atoms with van der Waals surface area (Å²) in [5, 5.41) is 9.75. The summed E-state index contributed by atoms with van der Waals surface area (Å²) in [6.07, 6.45) is 4.38. The van der Waals surface area contributed by atoms with E-state index in [2.05, 4.69) is 29.0 Å². The zero-order valence-corrected chi connectivity index (χ0v) is 18.5. The molecule has 1 aliphatic carbocycles. The molecule has 0 fully saturated rings. The van der Waals surface area contributed by atoms with Gasteiger partial charge >= 0.3 is 0 Å². The van der Waals surface area contributed by atoms with E-state index in [4.69, 9.17) is 4.74 Å². The van der Waals surface area contributed by atoms with E-state index >= 15 is 0 Å². The van der Waals surface area contributed by atoms with Gasteiger partial charge in [0.1, 0.15) is 10.8 Å². The van der Waals surface area contributed by atoms with E-state index in [9.17, 15) is 4.79 Å². The molecule has 4 rings (SSSR count). The van der Waals surface area contributed by atoms with Crippen LogP contribution < -0.4 is 15.4 Å². The number of carbonyl (C=O) groups excluding carboxylic acids is 1. The lowest BCUT2D eigenvalue weighted by Crippen LogP contribution is -2.17. The van der Waals surface area contributed by atoms with Crippen LogP contribution in [-0.4, -0.2) is 12.5 Å². The number of hydrogen-bond acceptors (Lipinski definition) is 5. The number of thiophene rings is 2. The second-order valence-electron chi connectivity index (χ2n) is 7.18. The highest BCUT2D eigenvalue weighted by Crippen LogP contribution is 2.39. The smallest absolute Gasteiger partial charge is 0.259 e. The average molecular weight is 427 g/mol. The zero-order chi connectivity index (χ0) is 20.2. The third kappa shape index (κ3) is 4.33. The largest absolute Gasteiger partial charge is 0.492 e. The molecule has 152 valence electrons. The van der Waals surface area contributed by atoms with Crippen LogP contribution in [0.3, 0.4) is 0 Å². The lowest BCUT2D eigenvalue weighted by atomic mass is 9.95. The Morgan fingerprint density at radius 1 is 1.17 bits per heavy atom. The molecule has 1 amide bonds. The Balaban J connectivity index is 1.62. The van der Waals surface area contributed by atoms with Gasteiger partial charge in [-0.3, -0.25) is 4.79 Å². The van der Waals surface area contributed by atoms with Crippen molar-refractivity contribution in [2.24, 2.45) is 0 Å². The molecule has 0 saturated heterocycles. The van der Waals surface area contributed by atoms with Gasteiger partial charge in [-0.15, -0.1) is 22.7 Å². The normalized spacial score (nSPS) is 13.0. The first-order valence-electron chi connectivity index (χ1n) is 10.1. The van der Waals surface area contributed by atoms with E-state index in [0.717, 1.165) is 42.1 Å². The van der Waals surface area contributed by atoms with Crippen LogP contribution in [0, 0.1) is 6.92 Å². The quantitative estimate of drug-likeness (QED) is 0.469. The molecule has 6 heteroatoms. The van der Waals surface area contributed by atoms with Gasteiger partial charge in [-0.1, -0.05) is 12.1 Å². The molecule has 0 saturated carbocycles. The van der Waals surface area contributed by atoms with E-state index in [1.165, 1.54) is 27.3 Å². The minimum Gasteiger partial charge on any atom is -0.492 e. The number of carbonyl (C=O) groups is 1. The summed E-state index contributed by atoms with van der Waals surface area (Å²) in [4.78, 5) is 16.0. The van der Waals surface area contributed by atoms with Crippen molar-refractivity contribution in [2.45, 2.75) is 46.1 Å². The van der Waals surface area contributed by atoms with Crippen LogP contribution in [0.2, 0.25) is 0 Å². The van der Waals surface area contributed by atoms with Crippen molar-refractivity contribution in [2.75, 3.05) is 17.2 Å². The maximum Gasteiger partial charge on any atom is 0.259 e. The van der Waals surface area contributed by atoms with Gasteiger partial charge in [0.15, 0.2) is 0 Å². The lowest BCUT2D eigenvalue weighted by molar-refractivity contribution is 0.102. The van der Waals surface area contributed by atoms with Gasteiger partial charge in [0, 0.05) is 9.75 Å². The highest BCUT2D eigenvalue weighted by atomic mass is 32.1. The third-order valence-electron chi connectivity index (χ3n) is 5.21. The Hall–Kier alpha value is -2.31. The van der Waals surface area contributed by atoms with E-state index in [-0.39, 0.29) is 5.91 Å². The predicted octanol–water partition coefficient (Wildman–Crippen LogP) is 6.26. The van der Waals surface area contributed by atoms with Gasteiger partial charge < -0.3 is 15.4 Å². The van der Waals surface area contributed by atoms with Gasteiger partial charge in [0.05, 0.1) is 24.4 Å². The number of fused-ring (bicyclic) bond motifs is 1. The van der Waals surface area contributed by atoms with Crippen LogP contribution in [0.1, 0.15) is 51.0 Å². The second kappa shape index (κ2) is 9.01. The summed E-state index contributed by atoms with van der Waals surface area (Å²) in [6.45, 7) is 5.39. The highest BCUT2D eigenvalue weighted by Gasteiger charge is 2.26. The Kier molecular flexibility index (Phi) is 6.21. The third-order valence-corrected chi connectivity index (χ3v) is 7.48. The number of para-hydroxylation sites is 2. The number of anilines is 2. The lowest BCUT2D eigenvalue weighted by Gasteiger charge is -2.15. The van der Waals surface area contributed by atoms with Crippen molar-refractivity contribution < 1.29 is 9.53 Å². The number of nitrogens with one attached hydrogen (secondary N) is 2. The zero-order valence-electron chi connectivity index (χ0n) is 16.8. The van der Waals surface area contributed by atoms with Crippen LogP contribution in [0.4, 0.5) is 10.7 Å². The fourth-order valence-corrected chi connectivity index (χ4v) is 5.84. The van der Waals surface area contributed by atoms with Crippen molar-refractivity contribution in [3.05, 3.63) is 62.2 Å². The molecular formula is C23H26N2O2S2. The summed E-state index contributed by atoms with van der Waals surface area (Å²) in [5.41, 5.74) is 4.04. The topological polar surface area (TPSA) is 50.4 Å². The fourth-order valence-electron chi connectivity index (χ4n) is 3.71. The summed E-state index contributed by atoms with van der Waals surface area (Å²) in [6, 6.07) is 9.76. The average Bonchev–Trinajstić information content (AvgIpc) is 3.30. The number of hydrogen-bond donors (Lipinski definition) is 2. The summed E-state index contributed by atoms with van der Waals surface area (Å²) in [5.74, 6) is 0.651. The summed E-state index contributed by atoms with van der Waals surface area (Å²) in [7, 11) is 0. The molecule has 2 heterocycles. The molecule has 2 aromatic heterocycles. The van der Waals surface area contributed by atoms with Crippen molar-refractivity contribution in [1.29, 1.82) is 0 Å². The van der Waals surface area contributed by atoms with Crippen molar-refractivity contribution in [3.8, 4) is 5.75 Å². The number of aryl methyl sites for hydroxylation is 2. The monoisotopic (exact) mass is 426 g/mol. The highest BCUT2D eigenvalue weighted by molar-refractivity contribution is 7.16. The van der Waals surface area contributed by atoms with Gasteiger partial charge in [0.2, 0.25) is 0 Å². The van der Waals surface area contributed by atoms with Gasteiger partial charge in [-0.2, -0.15) is 0 Å². The van der Waals surface area contributed by atoms with Crippen LogP contribution >= 0.6 is 22.7 Å². The molecule has 0 unspecified atom stereocenters. The molecule has 2 N–H and O–H groups in total. The number of benzene rings is 1. The standard InChI is InChI=1S/C23H26N2O2S2/c1-3-27-18-10-6-5-9-17(18)25-22(26)21-16-8-4-7-11-19(16)29-23(21)24-14-20-15(2)12-13-28-20/h5-6,9-10,12-13,24H,3-4,7-8,11,14H2,1-2H3,(H,25,26). The molecular weight excluding hydrogens is 400 g/mol. The predicted molar refractivity (Wildman–Crippen MR) is 123 cm³/mol. The fraction of sp³-hybridized carbons (Fsp3) is 0.348. The number of rotatable bonds is 7. The molecule has 0 aliphatic heterocycles. The maximum atomic E-state index is 13.4. The van der Waals surface area contributed by atoms with Crippen molar-refractivity contribution in [3.63, 3.8) is 0 Å². The van der Waals surface area contributed by atoms with Crippen LogP contribution in [0.5, 0.6) is 5.75 Å². The second-order valence-corrected chi connectivity index (χ2v) is 9.28. The molecule has 29 heavy (non-hydrogen) atoms. The minimum atomic E-state index is -0.0537. The van der Waals surface area contributed by atoms with Crippen molar-refractivity contribution >= 4 is 39.3 Å². The molecule has 0 radical (unpaired) electrons. The van der Waals surface area contributed by atoms with E-state index in [1.54, 1.807) is 22.7 Å². The molecule has 1 aliphatic rings. The first kappa shape index (κ1) is 20.0. The summed E-state index contributed by atoms with van der Waals surface area (Å²) < 4.78 is 5.68. The number of ether oxygens (including phenoxy) is 1. The Morgan fingerprint density at radius 2 is 2.00 bits per heavy atom. The van der Waals surface area contributed by atoms with E-state index in [1.807, 2.05) is 31.2 Å². The maximum absolute atomic E-state index is 13.4. The Labute approximate surface area is 179 Å². The molecule has 3 aromatic rings. The molecule has 4 nitrogen and oxygen atoms in total. The SMILES string of the molecule is CCOc1ccccc1NC(=O)c1c(NCc2sccc2C)sc2c1CCCC2. The molecule has 1 aromatic carbocycles. The van der Waals surface area contributed by atoms with Gasteiger partial charge in [-0.25, -0.2) is 0 Å². The van der Waals surface area contributed by atoms with Crippen molar-refractivity contribution in [1.82, 2.24) is 0 Å².